The van der Waals surface area contributed by atoms with E-state index in [0.717, 1.165) is 37.2 Å². The number of carbonyl (C=O) groups excluding carboxylic acids is 3. The first-order chi connectivity index (χ1) is 15.5. The summed E-state index contributed by atoms with van der Waals surface area (Å²) in [5.41, 5.74) is 2.82. The van der Waals surface area contributed by atoms with Gasteiger partial charge in [-0.05, 0) is 50.5 Å². The van der Waals surface area contributed by atoms with E-state index < -0.39 is 12.0 Å². The third-order valence-electron chi connectivity index (χ3n) is 5.29. The van der Waals surface area contributed by atoms with Crippen molar-refractivity contribution in [2.24, 2.45) is 0 Å². The van der Waals surface area contributed by atoms with E-state index >= 15 is 0 Å². The lowest BCUT2D eigenvalue weighted by Gasteiger charge is -2.23. The zero-order valence-corrected chi connectivity index (χ0v) is 18.5. The molecule has 1 heterocycles. The molecule has 0 spiro atoms. The van der Waals surface area contributed by atoms with Gasteiger partial charge in [-0.1, -0.05) is 30.3 Å². The minimum atomic E-state index is -0.545. The number of nitrogens with zero attached hydrogens (tertiary/aromatic N) is 1. The average molecular weight is 439 g/mol. The monoisotopic (exact) mass is 438 g/mol. The van der Waals surface area contributed by atoms with E-state index in [4.69, 9.17) is 4.74 Å². The van der Waals surface area contributed by atoms with Crippen molar-refractivity contribution in [2.75, 3.05) is 36.5 Å². The van der Waals surface area contributed by atoms with E-state index in [2.05, 4.69) is 20.9 Å². The Morgan fingerprint density at radius 2 is 1.78 bits per heavy atom. The zero-order valence-electron chi connectivity index (χ0n) is 18.5. The minimum absolute atomic E-state index is 0.167. The molecular formula is C24H30N4O4. The molecule has 170 valence electrons. The Bertz CT molecular complexity index is 942. The highest BCUT2D eigenvalue weighted by molar-refractivity contribution is 6.02. The van der Waals surface area contributed by atoms with E-state index in [9.17, 15) is 14.4 Å². The fraction of sp³-hybridized carbons (Fsp3) is 0.375. The highest BCUT2D eigenvalue weighted by Crippen LogP contribution is 2.28. The van der Waals surface area contributed by atoms with Crippen LogP contribution in [0.3, 0.4) is 0 Å². The molecule has 1 unspecified atom stereocenters. The molecule has 8 nitrogen and oxygen atoms in total. The van der Waals surface area contributed by atoms with Crippen LogP contribution in [0.15, 0.2) is 48.5 Å². The van der Waals surface area contributed by atoms with Gasteiger partial charge >= 0.3 is 12.0 Å². The molecule has 32 heavy (non-hydrogen) atoms. The fourth-order valence-corrected chi connectivity index (χ4v) is 3.67. The molecule has 0 aliphatic carbocycles. The maximum atomic E-state index is 13.2. The number of anilines is 2. The number of rotatable bonds is 8. The maximum Gasteiger partial charge on any atom is 0.325 e. The molecule has 1 aliphatic rings. The third kappa shape index (κ3) is 6.23. The number of benzene rings is 2. The second-order valence-corrected chi connectivity index (χ2v) is 7.64. The van der Waals surface area contributed by atoms with Crippen LogP contribution in [0.25, 0.3) is 0 Å². The van der Waals surface area contributed by atoms with Crippen LogP contribution in [0.4, 0.5) is 16.2 Å². The maximum absolute atomic E-state index is 13.2. The summed E-state index contributed by atoms with van der Waals surface area (Å²) in [4.78, 5) is 39.0. The predicted molar refractivity (Wildman–Crippen MR) is 124 cm³/mol. The van der Waals surface area contributed by atoms with Gasteiger partial charge in [-0.3, -0.25) is 9.59 Å². The summed E-state index contributed by atoms with van der Waals surface area (Å²) in [6.45, 7) is 5.44. The van der Waals surface area contributed by atoms with Crippen LogP contribution in [-0.4, -0.2) is 44.1 Å². The van der Waals surface area contributed by atoms with Gasteiger partial charge in [0.1, 0.15) is 6.54 Å². The van der Waals surface area contributed by atoms with Crippen LogP contribution in [0, 0.1) is 0 Å². The van der Waals surface area contributed by atoms with Crippen LogP contribution >= 0.6 is 0 Å². The lowest BCUT2D eigenvalue weighted by Crippen LogP contribution is -2.34. The molecule has 0 bridgehead atoms. The van der Waals surface area contributed by atoms with Crippen LogP contribution in [0.1, 0.15) is 48.7 Å². The summed E-state index contributed by atoms with van der Waals surface area (Å²) < 4.78 is 4.80. The van der Waals surface area contributed by atoms with E-state index in [0.29, 0.717) is 11.3 Å². The van der Waals surface area contributed by atoms with E-state index in [-0.39, 0.29) is 25.1 Å². The largest absolute Gasteiger partial charge is 0.465 e. The summed E-state index contributed by atoms with van der Waals surface area (Å²) in [6, 6.07) is 14.3. The molecule has 3 rings (SSSR count). The Hall–Kier alpha value is -3.55. The average Bonchev–Trinajstić information content (AvgIpc) is 3.33. The molecule has 2 aromatic rings. The summed E-state index contributed by atoms with van der Waals surface area (Å²) >= 11 is 0. The number of urea groups is 1. The summed E-state index contributed by atoms with van der Waals surface area (Å²) in [5.74, 6) is -0.721. The van der Waals surface area contributed by atoms with Crippen LogP contribution in [0.5, 0.6) is 0 Å². The quantitative estimate of drug-likeness (QED) is 0.548. The Labute approximate surface area is 188 Å². The molecule has 0 aromatic heterocycles. The molecule has 1 atom stereocenters. The van der Waals surface area contributed by atoms with Crippen molar-refractivity contribution < 1.29 is 19.1 Å². The summed E-state index contributed by atoms with van der Waals surface area (Å²) in [5, 5.41) is 8.19. The SMILES string of the molecule is CCOC(=O)CNC(=O)Nc1ccc(N2CCCC2)c(C(=O)NC(C)c2ccccc2)c1. The first-order valence-electron chi connectivity index (χ1n) is 10.9. The van der Waals surface area contributed by atoms with Crippen LogP contribution < -0.4 is 20.9 Å². The van der Waals surface area contributed by atoms with Crippen molar-refractivity contribution >= 4 is 29.3 Å². The normalized spacial score (nSPS) is 13.9. The van der Waals surface area contributed by atoms with Gasteiger partial charge in [0.25, 0.3) is 5.91 Å². The highest BCUT2D eigenvalue weighted by Gasteiger charge is 2.22. The van der Waals surface area contributed by atoms with Gasteiger partial charge in [-0.2, -0.15) is 0 Å². The number of esters is 1. The molecule has 1 saturated heterocycles. The van der Waals surface area contributed by atoms with Gasteiger partial charge in [-0.15, -0.1) is 0 Å². The van der Waals surface area contributed by atoms with Gasteiger partial charge in [-0.25, -0.2) is 4.79 Å². The molecular weight excluding hydrogens is 408 g/mol. The molecule has 1 aliphatic heterocycles. The van der Waals surface area contributed by atoms with Crippen molar-refractivity contribution in [1.29, 1.82) is 0 Å². The molecule has 8 heteroatoms. The molecule has 2 aromatic carbocycles. The van der Waals surface area contributed by atoms with E-state index in [1.165, 1.54) is 0 Å². The number of hydrogen-bond acceptors (Lipinski definition) is 5. The van der Waals surface area contributed by atoms with Crippen molar-refractivity contribution in [3.63, 3.8) is 0 Å². The Kier molecular flexibility index (Phi) is 8.08. The standard InChI is InChI=1S/C24H30N4O4/c1-3-32-22(29)16-25-24(31)27-19-11-12-21(28-13-7-8-14-28)20(15-19)23(30)26-17(2)18-9-5-4-6-10-18/h4-6,9-12,15,17H,3,7-8,13-14,16H2,1-2H3,(H,26,30)(H2,25,27,31). The Balaban J connectivity index is 1.75. The van der Waals surface area contributed by atoms with Gasteiger partial charge in [0.2, 0.25) is 0 Å². The van der Waals surface area contributed by atoms with Crippen molar-refractivity contribution in [3.8, 4) is 0 Å². The Morgan fingerprint density at radius 3 is 2.47 bits per heavy atom. The summed E-state index contributed by atoms with van der Waals surface area (Å²) in [6.07, 6.45) is 2.16. The Morgan fingerprint density at radius 1 is 1.06 bits per heavy atom. The van der Waals surface area contributed by atoms with Gasteiger partial charge in [0.05, 0.1) is 18.2 Å². The number of nitrogens with one attached hydrogen (secondary N) is 3. The molecule has 3 amide bonds. The summed E-state index contributed by atoms with van der Waals surface area (Å²) in [7, 11) is 0. The van der Waals surface area contributed by atoms with E-state index in [1.54, 1.807) is 19.1 Å². The second kappa shape index (κ2) is 11.2. The smallest absolute Gasteiger partial charge is 0.325 e. The first-order valence-corrected chi connectivity index (χ1v) is 10.9. The van der Waals surface area contributed by atoms with Crippen LogP contribution in [0.2, 0.25) is 0 Å². The fourth-order valence-electron chi connectivity index (χ4n) is 3.67. The van der Waals surface area contributed by atoms with E-state index in [1.807, 2.05) is 43.3 Å². The number of carbonyl (C=O) groups is 3. The lowest BCUT2D eigenvalue weighted by molar-refractivity contribution is -0.141. The minimum Gasteiger partial charge on any atom is -0.465 e. The molecule has 0 radical (unpaired) electrons. The van der Waals surface area contributed by atoms with Gasteiger partial charge in [0.15, 0.2) is 0 Å². The zero-order chi connectivity index (χ0) is 22.9. The van der Waals surface area contributed by atoms with Crippen molar-refractivity contribution in [3.05, 3.63) is 59.7 Å². The van der Waals surface area contributed by atoms with Crippen LogP contribution in [-0.2, 0) is 9.53 Å². The number of hydrogen-bond donors (Lipinski definition) is 3. The van der Waals surface area contributed by atoms with Gasteiger partial charge < -0.3 is 25.6 Å². The third-order valence-corrected chi connectivity index (χ3v) is 5.29. The molecule has 1 fully saturated rings. The number of amides is 3. The predicted octanol–water partition coefficient (Wildman–Crippen LogP) is 3.46. The van der Waals surface area contributed by atoms with Gasteiger partial charge in [0, 0.05) is 24.5 Å². The lowest BCUT2D eigenvalue weighted by atomic mass is 10.1. The highest BCUT2D eigenvalue weighted by atomic mass is 16.5. The number of ether oxygens (including phenoxy) is 1. The molecule has 0 saturated carbocycles. The van der Waals surface area contributed by atoms with Crippen molar-refractivity contribution in [1.82, 2.24) is 10.6 Å². The topological polar surface area (TPSA) is 99.8 Å². The first kappa shape index (κ1) is 23.1. The second-order valence-electron chi connectivity index (χ2n) is 7.64. The van der Waals surface area contributed by atoms with Crippen molar-refractivity contribution in [2.45, 2.75) is 32.7 Å². The molecule has 3 N–H and O–H groups in total.